The largest absolute Gasteiger partial charge is 0.408 e. The SMILES string of the molecule is CC[C@H](CO)NC(=O)N[C@@H](C1CCCC1)C(F)(F)F. The van der Waals surface area contributed by atoms with E-state index in [0.29, 0.717) is 19.3 Å². The fourth-order valence-corrected chi connectivity index (χ4v) is 2.40. The minimum absolute atomic E-state index is 0.288. The van der Waals surface area contributed by atoms with Gasteiger partial charge in [0.15, 0.2) is 0 Å². The molecule has 0 unspecified atom stereocenters. The number of halogens is 3. The van der Waals surface area contributed by atoms with Crippen LogP contribution >= 0.6 is 0 Å². The van der Waals surface area contributed by atoms with Crippen LogP contribution in [-0.2, 0) is 0 Å². The van der Waals surface area contributed by atoms with Gasteiger partial charge in [-0.2, -0.15) is 13.2 Å². The minimum Gasteiger partial charge on any atom is -0.394 e. The zero-order chi connectivity index (χ0) is 14.5. The molecule has 2 amide bonds. The molecule has 0 heterocycles. The number of carbonyl (C=O) groups excluding carboxylic acids is 1. The second-order valence-corrected chi connectivity index (χ2v) is 4.97. The summed E-state index contributed by atoms with van der Waals surface area (Å²) in [6.07, 6.45) is -1.45. The molecule has 0 bridgehead atoms. The van der Waals surface area contributed by atoms with Crippen LogP contribution in [-0.4, -0.2) is 36.0 Å². The molecule has 0 saturated heterocycles. The van der Waals surface area contributed by atoms with Gasteiger partial charge in [-0.15, -0.1) is 0 Å². The topological polar surface area (TPSA) is 61.4 Å². The third-order valence-corrected chi connectivity index (χ3v) is 3.56. The van der Waals surface area contributed by atoms with Gasteiger partial charge in [0, 0.05) is 0 Å². The van der Waals surface area contributed by atoms with Crippen LogP contribution in [0.15, 0.2) is 0 Å². The lowest BCUT2D eigenvalue weighted by Gasteiger charge is -2.27. The van der Waals surface area contributed by atoms with E-state index in [-0.39, 0.29) is 6.61 Å². The molecule has 1 rings (SSSR count). The molecule has 4 nitrogen and oxygen atoms in total. The molecule has 0 spiro atoms. The molecule has 7 heteroatoms. The highest BCUT2D eigenvalue weighted by Gasteiger charge is 2.46. The van der Waals surface area contributed by atoms with Crippen molar-refractivity contribution in [2.75, 3.05) is 6.61 Å². The van der Waals surface area contributed by atoms with E-state index in [2.05, 4.69) is 5.32 Å². The summed E-state index contributed by atoms with van der Waals surface area (Å²) in [6, 6.07) is -3.18. The Labute approximate surface area is 110 Å². The summed E-state index contributed by atoms with van der Waals surface area (Å²) in [6.45, 7) is 1.45. The standard InChI is InChI=1S/C12H21F3N2O2/c1-2-9(7-18)16-11(19)17-10(12(13,14)15)8-5-3-4-6-8/h8-10,18H,2-7H2,1H3,(H2,16,17,19)/t9-,10+/m1/s1. The maximum atomic E-state index is 12.9. The van der Waals surface area contributed by atoms with Gasteiger partial charge in [-0.25, -0.2) is 4.79 Å². The summed E-state index contributed by atoms with van der Waals surface area (Å²) in [5.41, 5.74) is 0. The molecular weight excluding hydrogens is 261 g/mol. The lowest BCUT2D eigenvalue weighted by molar-refractivity contribution is -0.164. The number of alkyl halides is 3. The fraction of sp³-hybridized carbons (Fsp3) is 0.917. The van der Waals surface area contributed by atoms with Crippen molar-refractivity contribution in [3.05, 3.63) is 0 Å². The number of nitrogens with one attached hydrogen (secondary N) is 2. The Morgan fingerprint density at radius 3 is 2.32 bits per heavy atom. The minimum atomic E-state index is -4.44. The number of aliphatic hydroxyl groups is 1. The van der Waals surface area contributed by atoms with Gasteiger partial charge >= 0.3 is 12.2 Å². The number of aliphatic hydroxyl groups excluding tert-OH is 1. The molecule has 0 radical (unpaired) electrons. The molecule has 0 aromatic heterocycles. The van der Waals surface area contributed by atoms with E-state index in [0.717, 1.165) is 12.8 Å². The summed E-state index contributed by atoms with van der Waals surface area (Å²) in [7, 11) is 0. The van der Waals surface area contributed by atoms with Gasteiger partial charge < -0.3 is 15.7 Å². The van der Waals surface area contributed by atoms with Crippen molar-refractivity contribution < 1.29 is 23.1 Å². The van der Waals surface area contributed by atoms with Crippen molar-refractivity contribution in [1.29, 1.82) is 0 Å². The first-order valence-electron chi connectivity index (χ1n) is 6.63. The predicted octanol–water partition coefficient (Wildman–Crippen LogP) is 2.18. The first-order chi connectivity index (χ1) is 8.88. The maximum Gasteiger partial charge on any atom is 0.408 e. The van der Waals surface area contributed by atoms with E-state index in [1.165, 1.54) is 0 Å². The zero-order valence-electron chi connectivity index (χ0n) is 11.0. The number of urea groups is 1. The van der Waals surface area contributed by atoms with Crippen LogP contribution in [0.3, 0.4) is 0 Å². The van der Waals surface area contributed by atoms with Crippen LogP contribution < -0.4 is 10.6 Å². The van der Waals surface area contributed by atoms with E-state index in [1.54, 1.807) is 6.92 Å². The summed E-state index contributed by atoms with van der Waals surface area (Å²) < 4.78 is 38.8. The van der Waals surface area contributed by atoms with Crippen molar-refractivity contribution in [2.24, 2.45) is 5.92 Å². The monoisotopic (exact) mass is 282 g/mol. The zero-order valence-corrected chi connectivity index (χ0v) is 11.0. The third-order valence-electron chi connectivity index (χ3n) is 3.56. The Morgan fingerprint density at radius 1 is 1.32 bits per heavy atom. The summed E-state index contributed by atoms with van der Waals surface area (Å²) in [5, 5.41) is 13.3. The normalized spacial score (nSPS) is 20.1. The maximum absolute atomic E-state index is 12.9. The van der Waals surface area contributed by atoms with Crippen molar-refractivity contribution in [3.8, 4) is 0 Å². The Bertz CT molecular complexity index is 287. The summed E-state index contributed by atoms with van der Waals surface area (Å²) in [4.78, 5) is 11.6. The van der Waals surface area contributed by atoms with Gasteiger partial charge in [-0.1, -0.05) is 19.8 Å². The van der Waals surface area contributed by atoms with Crippen LogP contribution in [0.5, 0.6) is 0 Å². The smallest absolute Gasteiger partial charge is 0.394 e. The van der Waals surface area contributed by atoms with E-state index in [9.17, 15) is 18.0 Å². The van der Waals surface area contributed by atoms with Crippen molar-refractivity contribution in [1.82, 2.24) is 10.6 Å². The molecule has 1 aliphatic carbocycles. The van der Waals surface area contributed by atoms with Crippen LogP contribution in [0.2, 0.25) is 0 Å². The highest BCUT2D eigenvalue weighted by Crippen LogP contribution is 2.35. The molecule has 2 atom stereocenters. The van der Waals surface area contributed by atoms with Gasteiger partial charge in [0.2, 0.25) is 0 Å². The second kappa shape index (κ2) is 6.98. The Balaban J connectivity index is 2.59. The van der Waals surface area contributed by atoms with Crippen LogP contribution in [0, 0.1) is 5.92 Å². The highest BCUT2D eigenvalue weighted by atomic mass is 19.4. The molecule has 1 saturated carbocycles. The quantitative estimate of drug-likeness (QED) is 0.723. The lowest BCUT2D eigenvalue weighted by Crippen LogP contribution is -2.54. The van der Waals surface area contributed by atoms with Crippen molar-refractivity contribution in [3.63, 3.8) is 0 Å². The van der Waals surface area contributed by atoms with Crippen molar-refractivity contribution in [2.45, 2.75) is 57.3 Å². The van der Waals surface area contributed by atoms with Gasteiger partial charge in [0.25, 0.3) is 0 Å². The first-order valence-corrected chi connectivity index (χ1v) is 6.63. The van der Waals surface area contributed by atoms with Gasteiger partial charge in [-0.05, 0) is 25.2 Å². The van der Waals surface area contributed by atoms with Crippen LogP contribution in [0.4, 0.5) is 18.0 Å². The number of hydrogen-bond donors (Lipinski definition) is 3. The second-order valence-electron chi connectivity index (χ2n) is 4.97. The molecule has 3 N–H and O–H groups in total. The molecule has 0 aliphatic heterocycles. The summed E-state index contributed by atoms with van der Waals surface area (Å²) >= 11 is 0. The average molecular weight is 282 g/mol. The first kappa shape index (κ1) is 16.1. The average Bonchev–Trinajstić information content (AvgIpc) is 2.85. The Hall–Kier alpha value is -0.980. The number of amides is 2. The van der Waals surface area contributed by atoms with Gasteiger partial charge in [-0.3, -0.25) is 0 Å². The van der Waals surface area contributed by atoms with E-state index in [1.807, 2.05) is 5.32 Å². The Kier molecular flexibility index (Phi) is 5.90. The third kappa shape index (κ3) is 4.89. The van der Waals surface area contributed by atoms with E-state index >= 15 is 0 Å². The van der Waals surface area contributed by atoms with Crippen molar-refractivity contribution >= 4 is 6.03 Å². The number of hydrogen-bond acceptors (Lipinski definition) is 2. The lowest BCUT2D eigenvalue weighted by atomic mass is 9.98. The van der Waals surface area contributed by atoms with E-state index < -0.39 is 30.2 Å². The fourth-order valence-electron chi connectivity index (χ4n) is 2.40. The van der Waals surface area contributed by atoms with Gasteiger partial charge in [0.1, 0.15) is 6.04 Å². The number of carbonyl (C=O) groups is 1. The molecule has 0 aromatic rings. The molecule has 0 aromatic carbocycles. The molecule has 19 heavy (non-hydrogen) atoms. The number of rotatable bonds is 5. The molecule has 1 aliphatic rings. The molecular formula is C12H21F3N2O2. The predicted molar refractivity (Wildman–Crippen MR) is 64.6 cm³/mol. The summed E-state index contributed by atoms with van der Waals surface area (Å²) in [5.74, 6) is -0.542. The van der Waals surface area contributed by atoms with E-state index in [4.69, 9.17) is 5.11 Å². The Morgan fingerprint density at radius 2 is 1.89 bits per heavy atom. The molecule has 1 fully saturated rings. The van der Waals surface area contributed by atoms with Gasteiger partial charge in [0.05, 0.1) is 12.6 Å². The van der Waals surface area contributed by atoms with Crippen LogP contribution in [0.25, 0.3) is 0 Å². The van der Waals surface area contributed by atoms with Crippen LogP contribution in [0.1, 0.15) is 39.0 Å². The highest BCUT2D eigenvalue weighted by molar-refractivity contribution is 5.74. The molecule has 112 valence electrons.